The molecule has 0 bridgehead atoms. The van der Waals surface area contributed by atoms with E-state index in [1.54, 1.807) is 6.92 Å². The molecule has 1 aliphatic heterocycles. The van der Waals surface area contributed by atoms with Crippen LogP contribution in [0.5, 0.6) is 5.75 Å². The molecular formula is C23H35N3O2S. The topological polar surface area (TPSA) is 44.8 Å². The van der Waals surface area contributed by atoms with Crippen molar-refractivity contribution in [2.75, 3.05) is 25.0 Å². The van der Waals surface area contributed by atoms with Gasteiger partial charge in [-0.1, -0.05) is 25.7 Å². The van der Waals surface area contributed by atoms with E-state index in [-0.39, 0.29) is 5.91 Å². The van der Waals surface area contributed by atoms with Gasteiger partial charge < -0.3 is 19.9 Å². The number of benzene rings is 1. The number of carbonyl (C=O) groups is 1. The van der Waals surface area contributed by atoms with Gasteiger partial charge >= 0.3 is 0 Å². The SMILES string of the molecule is CCOc1ccc(NC(=S)N(C2CCCCCC2)C2CCN(C(C)=O)CC2)cc1. The largest absolute Gasteiger partial charge is 0.494 e. The number of hydrogen-bond donors (Lipinski definition) is 1. The zero-order valence-electron chi connectivity index (χ0n) is 17.9. The fraction of sp³-hybridized carbons (Fsp3) is 0.652. The van der Waals surface area contributed by atoms with Crippen LogP contribution >= 0.6 is 12.2 Å². The van der Waals surface area contributed by atoms with Crippen molar-refractivity contribution in [1.82, 2.24) is 9.80 Å². The normalized spacial score (nSPS) is 18.8. The lowest BCUT2D eigenvalue weighted by molar-refractivity contribution is -0.130. The van der Waals surface area contributed by atoms with Gasteiger partial charge in [0.25, 0.3) is 0 Å². The van der Waals surface area contributed by atoms with Crippen LogP contribution in [0.15, 0.2) is 24.3 Å². The summed E-state index contributed by atoms with van der Waals surface area (Å²) in [5, 5.41) is 4.30. The van der Waals surface area contributed by atoms with Crippen molar-refractivity contribution in [3.63, 3.8) is 0 Å². The Morgan fingerprint density at radius 3 is 2.21 bits per heavy atom. The van der Waals surface area contributed by atoms with Crippen LogP contribution in [0.1, 0.15) is 65.2 Å². The molecule has 1 saturated heterocycles. The molecule has 0 atom stereocenters. The van der Waals surface area contributed by atoms with E-state index in [1.807, 2.05) is 36.1 Å². The third-order valence-corrected chi connectivity index (χ3v) is 6.49. The summed E-state index contributed by atoms with van der Waals surface area (Å²) in [6.45, 7) is 5.98. The highest BCUT2D eigenvalue weighted by Crippen LogP contribution is 2.28. The number of carbonyl (C=O) groups excluding carboxylic acids is 1. The van der Waals surface area contributed by atoms with Gasteiger partial charge in [-0.05, 0) is 69.1 Å². The zero-order valence-corrected chi connectivity index (χ0v) is 18.7. The van der Waals surface area contributed by atoms with Gasteiger partial charge in [-0.15, -0.1) is 0 Å². The van der Waals surface area contributed by atoms with Gasteiger partial charge in [0.1, 0.15) is 5.75 Å². The third kappa shape index (κ3) is 6.08. The second kappa shape index (κ2) is 10.8. The van der Waals surface area contributed by atoms with Gasteiger partial charge in [0.2, 0.25) is 5.91 Å². The van der Waals surface area contributed by atoms with Crippen molar-refractivity contribution in [2.45, 2.75) is 77.3 Å². The predicted molar refractivity (Wildman–Crippen MR) is 122 cm³/mol. The summed E-state index contributed by atoms with van der Waals surface area (Å²) in [6.07, 6.45) is 9.59. The van der Waals surface area contributed by atoms with Gasteiger partial charge in [-0.25, -0.2) is 0 Å². The first kappa shape index (κ1) is 21.9. The molecule has 1 aromatic rings. The third-order valence-electron chi connectivity index (χ3n) is 6.17. The Balaban J connectivity index is 1.71. The Bertz CT molecular complexity index is 663. The van der Waals surface area contributed by atoms with E-state index in [9.17, 15) is 4.79 Å². The first-order valence-electron chi connectivity index (χ1n) is 11.2. The van der Waals surface area contributed by atoms with Gasteiger partial charge in [-0.2, -0.15) is 0 Å². The molecule has 1 N–H and O–H groups in total. The average molecular weight is 418 g/mol. The van der Waals surface area contributed by atoms with Crippen molar-refractivity contribution in [3.8, 4) is 5.75 Å². The first-order chi connectivity index (χ1) is 14.1. The Morgan fingerprint density at radius 1 is 1.07 bits per heavy atom. The monoisotopic (exact) mass is 417 g/mol. The zero-order chi connectivity index (χ0) is 20.6. The van der Waals surface area contributed by atoms with Crippen LogP contribution in [0.25, 0.3) is 0 Å². The van der Waals surface area contributed by atoms with Gasteiger partial charge in [0.15, 0.2) is 5.11 Å². The van der Waals surface area contributed by atoms with Crippen molar-refractivity contribution in [3.05, 3.63) is 24.3 Å². The number of ether oxygens (including phenoxy) is 1. The van der Waals surface area contributed by atoms with E-state index in [2.05, 4.69) is 10.2 Å². The second-order valence-electron chi connectivity index (χ2n) is 8.18. The highest BCUT2D eigenvalue weighted by molar-refractivity contribution is 7.80. The molecule has 1 aromatic carbocycles. The number of hydrogen-bond acceptors (Lipinski definition) is 3. The Morgan fingerprint density at radius 2 is 1.66 bits per heavy atom. The molecule has 5 nitrogen and oxygen atoms in total. The number of anilines is 1. The number of nitrogens with zero attached hydrogens (tertiary/aromatic N) is 2. The summed E-state index contributed by atoms with van der Waals surface area (Å²) in [5.41, 5.74) is 0.998. The molecule has 2 fully saturated rings. The number of piperidine rings is 1. The Labute approximate surface area is 180 Å². The average Bonchev–Trinajstić information content (AvgIpc) is 3.00. The van der Waals surface area contributed by atoms with Crippen molar-refractivity contribution < 1.29 is 9.53 Å². The summed E-state index contributed by atoms with van der Waals surface area (Å²) in [4.78, 5) is 16.2. The summed E-state index contributed by atoms with van der Waals surface area (Å²) < 4.78 is 5.54. The molecular weight excluding hydrogens is 382 g/mol. The number of thiocarbonyl (C=S) groups is 1. The lowest BCUT2D eigenvalue weighted by atomic mass is 9.98. The van der Waals surface area contributed by atoms with Crippen LogP contribution in [0.2, 0.25) is 0 Å². The van der Waals surface area contributed by atoms with E-state index >= 15 is 0 Å². The minimum atomic E-state index is 0.180. The number of amides is 1. The van der Waals surface area contributed by atoms with Gasteiger partial charge in [0.05, 0.1) is 6.61 Å². The fourth-order valence-electron chi connectivity index (χ4n) is 4.61. The fourth-order valence-corrected chi connectivity index (χ4v) is 5.03. The first-order valence-corrected chi connectivity index (χ1v) is 11.6. The predicted octanol–water partition coefficient (Wildman–Crippen LogP) is 4.82. The van der Waals surface area contributed by atoms with E-state index in [4.69, 9.17) is 17.0 Å². The Hall–Kier alpha value is -1.82. The molecule has 1 saturated carbocycles. The lowest BCUT2D eigenvalue weighted by Gasteiger charge is -2.43. The summed E-state index contributed by atoms with van der Waals surface area (Å²) in [5.74, 6) is 1.06. The van der Waals surface area contributed by atoms with Crippen LogP contribution in [0.3, 0.4) is 0 Å². The molecule has 2 aliphatic rings. The molecule has 0 spiro atoms. The maximum absolute atomic E-state index is 11.7. The standard InChI is InChI=1S/C23H35N3O2S/c1-3-28-22-12-10-19(11-13-22)24-23(29)26(20-8-6-4-5-7-9-20)21-14-16-25(17-15-21)18(2)27/h10-13,20-21H,3-9,14-17H2,1-2H3,(H,24,29). The van der Waals surface area contributed by atoms with Crippen LogP contribution in [0.4, 0.5) is 5.69 Å². The highest BCUT2D eigenvalue weighted by Gasteiger charge is 2.32. The van der Waals surface area contributed by atoms with Gasteiger partial charge in [0, 0.05) is 37.8 Å². The highest BCUT2D eigenvalue weighted by atomic mass is 32.1. The van der Waals surface area contributed by atoms with E-state index in [0.29, 0.717) is 18.7 Å². The summed E-state index contributed by atoms with van der Waals surface area (Å²) in [6, 6.07) is 8.92. The lowest BCUT2D eigenvalue weighted by Crippen LogP contribution is -2.53. The van der Waals surface area contributed by atoms with Crippen molar-refractivity contribution in [1.29, 1.82) is 0 Å². The minimum absolute atomic E-state index is 0.180. The number of likely N-dealkylation sites (tertiary alicyclic amines) is 1. The minimum Gasteiger partial charge on any atom is -0.494 e. The summed E-state index contributed by atoms with van der Waals surface area (Å²) in [7, 11) is 0. The van der Waals surface area contributed by atoms with Crippen LogP contribution in [0, 0.1) is 0 Å². The van der Waals surface area contributed by atoms with Crippen molar-refractivity contribution in [2.24, 2.45) is 0 Å². The number of rotatable bonds is 5. The number of nitrogens with one attached hydrogen (secondary N) is 1. The maximum atomic E-state index is 11.7. The molecule has 160 valence electrons. The molecule has 1 heterocycles. The molecule has 0 aromatic heterocycles. The molecule has 1 aliphatic carbocycles. The van der Waals surface area contributed by atoms with E-state index < -0.39 is 0 Å². The van der Waals surface area contributed by atoms with Gasteiger partial charge in [-0.3, -0.25) is 4.79 Å². The molecule has 29 heavy (non-hydrogen) atoms. The van der Waals surface area contributed by atoms with E-state index in [0.717, 1.165) is 42.5 Å². The second-order valence-corrected chi connectivity index (χ2v) is 8.56. The molecule has 6 heteroatoms. The van der Waals surface area contributed by atoms with Crippen LogP contribution in [-0.4, -0.2) is 52.6 Å². The molecule has 0 unspecified atom stereocenters. The van der Waals surface area contributed by atoms with Crippen LogP contribution in [-0.2, 0) is 4.79 Å². The smallest absolute Gasteiger partial charge is 0.219 e. The molecule has 0 radical (unpaired) electrons. The van der Waals surface area contributed by atoms with Crippen molar-refractivity contribution >= 4 is 28.9 Å². The quantitative estimate of drug-likeness (QED) is 0.550. The molecule has 1 amide bonds. The Kier molecular flexibility index (Phi) is 8.16. The molecule has 3 rings (SSSR count). The summed E-state index contributed by atoms with van der Waals surface area (Å²) >= 11 is 5.93. The van der Waals surface area contributed by atoms with Crippen LogP contribution < -0.4 is 10.1 Å². The maximum Gasteiger partial charge on any atom is 0.219 e. The van der Waals surface area contributed by atoms with E-state index in [1.165, 1.54) is 38.5 Å².